The second-order valence-corrected chi connectivity index (χ2v) is 8.70. The van der Waals surface area contributed by atoms with Crippen LogP contribution in [0.2, 0.25) is 0 Å². The van der Waals surface area contributed by atoms with Gasteiger partial charge in [-0.15, -0.1) is 0 Å². The van der Waals surface area contributed by atoms with E-state index in [1.165, 1.54) is 0 Å². The van der Waals surface area contributed by atoms with E-state index >= 15 is 0 Å². The maximum Gasteiger partial charge on any atom is 0.145 e. The number of rotatable bonds is 9. The first-order valence-corrected chi connectivity index (χ1v) is 10.5. The third-order valence-corrected chi connectivity index (χ3v) is 5.75. The van der Waals surface area contributed by atoms with E-state index in [2.05, 4.69) is 54.0 Å². The van der Waals surface area contributed by atoms with Crippen LogP contribution in [0.3, 0.4) is 0 Å². The highest BCUT2D eigenvalue weighted by Gasteiger charge is 2.27. The Morgan fingerprint density at radius 1 is 0.862 bits per heavy atom. The summed E-state index contributed by atoms with van der Waals surface area (Å²) in [6.45, 7) is 10.0. The normalized spacial score (nSPS) is 11.8. The van der Waals surface area contributed by atoms with Crippen molar-refractivity contribution < 1.29 is 24.8 Å². The van der Waals surface area contributed by atoms with Gasteiger partial charge >= 0.3 is 0 Å². The lowest BCUT2D eigenvalue weighted by Gasteiger charge is -2.29. The van der Waals surface area contributed by atoms with Gasteiger partial charge in [-0.1, -0.05) is 32.0 Å². The Bertz CT molecular complexity index is 797. The van der Waals surface area contributed by atoms with Crippen molar-refractivity contribution in [1.29, 1.82) is 0 Å². The Labute approximate surface area is 181 Å². The predicted molar refractivity (Wildman–Crippen MR) is 118 cm³/mol. The van der Waals surface area contributed by atoms with E-state index in [0.29, 0.717) is 5.75 Å². The number of halogens is 1. The van der Waals surface area contributed by atoms with Crippen molar-refractivity contribution >= 4 is 15.9 Å². The lowest BCUT2D eigenvalue weighted by atomic mass is 9.76. The van der Waals surface area contributed by atoms with Crippen molar-refractivity contribution in [2.75, 3.05) is 26.4 Å². The van der Waals surface area contributed by atoms with Crippen molar-refractivity contribution in [3.8, 4) is 11.5 Å². The summed E-state index contributed by atoms with van der Waals surface area (Å²) in [4.78, 5) is 0. The van der Waals surface area contributed by atoms with E-state index in [1.54, 1.807) is 0 Å². The minimum absolute atomic E-state index is 0.0283. The zero-order chi connectivity index (χ0) is 21.8. The van der Waals surface area contributed by atoms with Crippen LogP contribution in [-0.4, -0.2) is 47.9 Å². The molecule has 0 aliphatic heterocycles. The van der Waals surface area contributed by atoms with Crippen molar-refractivity contribution in [2.24, 2.45) is 0 Å². The number of hydrogen-bond acceptors (Lipinski definition) is 5. The molecule has 0 saturated carbocycles. The summed E-state index contributed by atoms with van der Waals surface area (Å²) in [7, 11) is 0. The molecule has 2 aromatic carbocycles. The molecule has 0 saturated heterocycles. The third kappa shape index (κ3) is 5.31. The van der Waals surface area contributed by atoms with Crippen LogP contribution in [0.25, 0.3) is 0 Å². The van der Waals surface area contributed by atoms with Gasteiger partial charge in [0.25, 0.3) is 0 Å². The van der Waals surface area contributed by atoms with Crippen LogP contribution in [0, 0.1) is 20.8 Å². The van der Waals surface area contributed by atoms with Gasteiger partial charge < -0.3 is 24.8 Å². The molecular weight excluding hydrogens is 436 g/mol. The Morgan fingerprint density at radius 2 is 1.34 bits per heavy atom. The summed E-state index contributed by atoms with van der Waals surface area (Å²) >= 11 is 3.60. The van der Waals surface area contributed by atoms with Gasteiger partial charge in [0.2, 0.25) is 0 Å². The molecule has 5 nitrogen and oxygen atoms in total. The molecule has 0 aliphatic rings. The number of aliphatic hydroxyl groups excluding tert-OH is 3. The first-order valence-electron chi connectivity index (χ1n) is 9.70. The first-order chi connectivity index (χ1) is 13.6. The van der Waals surface area contributed by atoms with E-state index in [0.717, 1.165) is 38.0 Å². The van der Waals surface area contributed by atoms with Gasteiger partial charge in [-0.2, -0.15) is 0 Å². The number of benzene rings is 2. The molecule has 0 radical (unpaired) electrons. The van der Waals surface area contributed by atoms with Gasteiger partial charge in [-0.25, -0.2) is 0 Å². The van der Waals surface area contributed by atoms with Crippen LogP contribution >= 0.6 is 15.9 Å². The van der Waals surface area contributed by atoms with Gasteiger partial charge in [0, 0.05) is 5.41 Å². The second kappa shape index (κ2) is 9.94. The monoisotopic (exact) mass is 466 g/mol. The molecule has 0 unspecified atom stereocenters. The average molecular weight is 467 g/mol. The zero-order valence-electron chi connectivity index (χ0n) is 17.8. The van der Waals surface area contributed by atoms with Gasteiger partial charge in [-0.05, 0) is 70.6 Å². The Balaban J connectivity index is 2.43. The van der Waals surface area contributed by atoms with Crippen LogP contribution in [0.15, 0.2) is 28.7 Å². The molecule has 2 aromatic rings. The van der Waals surface area contributed by atoms with Gasteiger partial charge in [0.05, 0.1) is 24.3 Å². The van der Waals surface area contributed by atoms with Crippen molar-refractivity contribution in [3.63, 3.8) is 0 Å². The van der Waals surface area contributed by atoms with Crippen molar-refractivity contribution in [2.45, 2.75) is 46.1 Å². The van der Waals surface area contributed by atoms with Crippen LogP contribution < -0.4 is 9.47 Å². The molecule has 29 heavy (non-hydrogen) atoms. The van der Waals surface area contributed by atoms with E-state index in [4.69, 9.17) is 14.6 Å². The Morgan fingerprint density at radius 3 is 1.79 bits per heavy atom. The second-order valence-electron chi connectivity index (χ2n) is 7.85. The molecule has 2 rings (SSSR count). The number of aryl methyl sites for hydroxylation is 3. The molecule has 0 amide bonds. The lowest BCUT2D eigenvalue weighted by molar-refractivity contribution is 0.0619. The van der Waals surface area contributed by atoms with E-state index in [1.807, 2.05) is 20.8 Å². The zero-order valence-corrected chi connectivity index (χ0v) is 19.3. The fourth-order valence-corrected chi connectivity index (χ4v) is 4.06. The molecule has 0 bridgehead atoms. The fraction of sp³-hybridized carbons (Fsp3) is 0.478. The topological polar surface area (TPSA) is 79.2 Å². The first kappa shape index (κ1) is 23.7. The number of ether oxygens (including phenoxy) is 2. The maximum absolute atomic E-state index is 9.32. The summed E-state index contributed by atoms with van der Waals surface area (Å²) in [5, 5.41) is 27.7. The largest absolute Gasteiger partial charge is 0.490 e. The molecule has 0 spiro atoms. The summed E-state index contributed by atoms with van der Waals surface area (Å²) in [5.41, 5.74) is 4.91. The molecular formula is C23H31BrO5. The molecule has 0 aromatic heterocycles. The summed E-state index contributed by atoms with van der Waals surface area (Å²) in [6, 6.07) is 8.35. The maximum atomic E-state index is 9.32. The van der Waals surface area contributed by atoms with E-state index < -0.39 is 6.10 Å². The highest BCUT2D eigenvalue weighted by molar-refractivity contribution is 9.10. The molecule has 0 fully saturated rings. The highest BCUT2D eigenvalue weighted by atomic mass is 79.9. The van der Waals surface area contributed by atoms with Gasteiger partial charge in [0.15, 0.2) is 0 Å². The standard InChI is InChI=1S/C23H31BrO5/c1-14-8-17(9-15(2)21(14)29-19(12-26)13-27)23(4,5)18-10-16(3)22(20(24)11-18)28-7-6-25/h8-11,19,25-27H,6-7,12-13H2,1-5H3. The number of aliphatic hydroxyl groups is 3. The van der Waals surface area contributed by atoms with Crippen molar-refractivity contribution in [3.05, 3.63) is 56.6 Å². The van der Waals surface area contributed by atoms with Crippen LogP contribution in [0.5, 0.6) is 11.5 Å². The highest BCUT2D eigenvalue weighted by Crippen LogP contribution is 2.40. The molecule has 160 valence electrons. The quantitative estimate of drug-likeness (QED) is 0.523. The SMILES string of the molecule is Cc1cc(C(C)(C)c2cc(C)c(OCCO)c(Br)c2)cc(C)c1OC(CO)CO. The smallest absolute Gasteiger partial charge is 0.145 e. The summed E-state index contributed by atoms with van der Waals surface area (Å²) in [5.74, 6) is 1.44. The Hall–Kier alpha value is -1.60. The fourth-order valence-electron chi connectivity index (χ4n) is 3.38. The van der Waals surface area contributed by atoms with E-state index in [9.17, 15) is 10.2 Å². The van der Waals surface area contributed by atoms with E-state index in [-0.39, 0.29) is 31.8 Å². The van der Waals surface area contributed by atoms with Crippen molar-refractivity contribution in [1.82, 2.24) is 0 Å². The van der Waals surface area contributed by atoms with Crippen LogP contribution in [-0.2, 0) is 5.41 Å². The minimum Gasteiger partial charge on any atom is -0.490 e. The van der Waals surface area contributed by atoms with Crippen LogP contribution in [0.4, 0.5) is 0 Å². The molecule has 3 N–H and O–H groups in total. The van der Waals surface area contributed by atoms with Gasteiger partial charge in [0.1, 0.15) is 24.2 Å². The third-order valence-electron chi connectivity index (χ3n) is 5.16. The molecule has 6 heteroatoms. The van der Waals surface area contributed by atoms with Gasteiger partial charge in [-0.3, -0.25) is 0 Å². The molecule has 0 aliphatic carbocycles. The Kier molecular flexibility index (Phi) is 8.11. The average Bonchev–Trinajstić information content (AvgIpc) is 2.66. The minimum atomic E-state index is -0.628. The predicted octanol–water partition coefficient (Wildman–Crippen LogP) is 3.80. The molecule has 0 heterocycles. The lowest BCUT2D eigenvalue weighted by Crippen LogP contribution is -2.26. The van der Waals surface area contributed by atoms with Crippen LogP contribution in [0.1, 0.15) is 41.7 Å². The molecule has 0 atom stereocenters. The number of hydrogen-bond donors (Lipinski definition) is 3. The summed E-state index contributed by atoms with van der Waals surface area (Å²) in [6.07, 6.45) is -0.628. The summed E-state index contributed by atoms with van der Waals surface area (Å²) < 4.78 is 12.3.